The fourth-order valence-corrected chi connectivity index (χ4v) is 1.22. The SMILES string of the molecule is CN(CCO)c1ccc(/C(N)=N/O)cc1. The molecule has 0 aromatic heterocycles. The van der Waals surface area contributed by atoms with Crippen molar-refractivity contribution in [1.82, 2.24) is 0 Å². The van der Waals surface area contributed by atoms with Crippen LogP contribution in [0.4, 0.5) is 5.69 Å². The summed E-state index contributed by atoms with van der Waals surface area (Å²) in [5.74, 6) is 0.0892. The first-order valence-corrected chi connectivity index (χ1v) is 4.59. The van der Waals surface area contributed by atoms with Crippen molar-refractivity contribution in [1.29, 1.82) is 0 Å². The third-order valence-electron chi connectivity index (χ3n) is 2.15. The van der Waals surface area contributed by atoms with E-state index in [1.54, 1.807) is 12.1 Å². The maximum atomic E-state index is 8.77. The van der Waals surface area contributed by atoms with E-state index in [-0.39, 0.29) is 12.4 Å². The maximum Gasteiger partial charge on any atom is 0.170 e. The second-order valence-electron chi connectivity index (χ2n) is 3.18. The molecule has 1 aromatic carbocycles. The van der Waals surface area contributed by atoms with Crippen molar-refractivity contribution >= 4 is 11.5 Å². The molecule has 0 saturated carbocycles. The van der Waals surface area contributed by atoms with Crippen LogP contribution in [0.5, 0.6) is 0 Å². The zero-order valence-corrected chi connectivity index (χ0v) is 8.59. The molecule has 15 heavy (non-hydrogen) atoms. The third-order valence-corrected chi connectivity index (χ3v) is 2.15. The van der Waals surface area contributed by atoms with Gasteiger partial charge in [-0.1, -0.05) is 5.16 Å². The first-order chi connectivity index (χ1) is 7.19. The van der Waals surface area contributed by atoms with Crippen molar-refractivity contribution in [2.45, 2.75) is 0 Å². The van der Waals surface area contributed by atoms with Crippen molar-refractivity contribution in [2.24, 2.45) is 10.9 Å². The molecule has 5 nitrogen and oxygen atoms in total. The van der Waals surface area contributed by atoms with Crippen molar-refractivity contribution < 1.29 is 10.3 Å². The number of aliphatic hydroxyl groups is 1. The molecule has 0 spiro atoms. The summed E-state index contributed by atoms with van der Waals surface area (Å²) >= 11 is 0. The lowest BCUT2D eigenvalue weighted by Crippen LogP contribution is -2.21. The van der Waals surface area contributed by atoms with Crippen LogP contribution in [0, 0.1) is 0 Å². The number of hydrogen-bond donors (Lipinski definition) is 3. The summed E-state index contributed by atoms with van der Waals surface area (Å²) in [6.07, 6.45) is 0. The number of benzene rings is 1. The van der Waals surface area contributed by atoms with Gasteiger partial charge in [-0.3, -0.25) is 0 Å². The molecule has 5 heteroatoms. The summed E-state index contributed by atoms with van der Waals surface area (Å²) in [6.45, 7) is 0.682. The van der Waals surface area contributed by atoms with E-state index in [0.717, 1.165) is 5.69 Å². The molecule has 0 aliphatic rings. The van der Waals surface area contributed by atoms with E-state index >= 15 is 0 Å². The topological polar surface area (TPSA) is 82.1 Å². The zero-order valence-electron chi connectivity index (χ0n) is 8.59. The summed E-state index contributed by atoms with van der Waals surface area (Å²) in [4.78, 5) is 1.91. The van der Waals surface area contributed by atoms with Gasteiger partial charge in [-0.15, -0.1) is 0 Å². The standard InChI is InChI=1S/C10H15N3O2/c1-13(6-7-14)9-4-2-8(3-5-9)10(11)12-15/h2-5,14-15H,6-7H2,1H3,(H2,11,12). The lowest BCUT2D eigenvalue weighted by molar-refractivity contribution is 0.304. The molecule has 0 unspecified atom stereocenters. The van der Waals surface area contributed by atoms with Crippen molar-refractivity contribution in [2.75, 3.05) is 25.1 Å². The predicted octanol–water partition coefficient (Wildman–Crippen LogP) is 0.210. The van der Waals surface area contributed by atoms with Gasteiger partial charge in [0.1, 0.15) is 0 Å². The van der Waals surface area contributed by atoms with Gasteiger partial charge in [-0.2, -0.15) is 0 Å². The molecule has 0 amide bonds. The summed E-state index contributed by atoms with van der Waals surface area (Å²) < 4.78 is 0. The number of amidine groups is 1. The Hall–Kier alpha value is -1.75. The molecule has 0 fully saturated rings. The average molecular weight is 209 g/mol. The fraction of sp³-hybridized carbons (Fsp3) is 0.300. The van der Waals surface area contributed by atoms with Crippen LogP contribution in [0.3, 0.4) is 0 Å². The minimum atomic E-state index is 0.0892. The van der Waals surface area contributed by atoms with Gasteiger partial charge in [-0.25, -0.2) is 0 Å². The molecule has 0 saturated heterocycles. The van der Waals surface area contributed by atoms with E-state index in [1.807, 2.05) is 24.1 Å². The van der Waals surface area contributed by atoms with E-state index in [0.29, 0.717) is 12.1 Å². The first kappa shape index (κ1) is 11.3. The highest BCUT2D eigenvalue weighted by molar-refractivity contribution is 5.97. The highest BCUT2D eigenvalue weighted by atomic mass is 16.4. The number of oxime groups is 1. The summed E-state index contributed by atoms with van der Waals surface area (Å²) in [5.41, 5.74) is 7.06. The largest absolute Gasteiger partial charge is 0.409 e. The Labute approximate surface area is 88.4 Å². The van der Waals surface area contributed by atoms with Crippen LogP contribution in [-0.4, -0.2) is 36.3 Å². The van der Waals surface area contributed by atoms with Gasteiger partial charge in [0.15, 0.2) is 5.84 Å². The molecule has 0 radical (unpaired) electrons. The van der Waals surface area contributed by atoms with Gasteiger partial charge in [0.2, 0.25) is 0 Å². The molecule has 82 valence electrons. The van der Waals surface area contributed by atoms with Gasteiger partial charge >= 0.3 is 0 Å². The number of anilines is 1. The minimum Gasteiger partial charge on any atom is -0.409 e. The summed E-state index contributed by atoms with van der Waals surface area (Å²) in [5, 5.41) is 20.1. The monoisotopic (exact) mass is 209 g/mol. The molecule has 0 bridgehead atoms. The van der Waals surface area contributed by atoms with Gasteiger partial charge in [0, 0.05) is 24.8 Å². The average Bonchev–Trinajstić information content (AvgIpc) is 2.28. The lowest BCUT2D eigenvalue weighted by atomic mass is 10.2. The van der Waals surface area contributed by atoms with Crippen LogP contribution >= 0.6 is 0 Å². The summed E-state index contributed by atoms with van der Waals surface area (Å²) in [7, 11) is 1.88. The van der Waals surface area contributed by atoms with Crippen LogP contribution < -0.4 is 10.6 Å². The van der Waals surface area contributed by atoms with Crippen LogP contribution in [0.2, 0.25) is 0 Å². The Kier molecular flexibility index (Phi) is 3.93. The van der Waals surface area contributed by atoms with Crippen molar-refractivity contribution in [3.05, 3.63) is 29.8 Å². The molecule has 1 aromatic rings. The Bertz CT molecular complexity index is 335. The second kappa shape index (κ2) is 5.21. The van der Waals surface area contributed by atoms with Gasteiger partial charge in [-0.05, 0) is 24.3 Å². The van der Waals surface area contributed by atoms with E-state index < -0.39 is 0 Å². The maximum absolute atomic E-state index is 8.77. The highest BCUT2D eigenvalue weighted by Crippen LogP contribution is 2.13. The van der Waals surface area contributed by atoms with Crippen LogP contribution in [0.25, 0.3) is 0 Å². The Balaban J connectivity index is 2.80. The van der Waals surface area contributed by atoms with Crippen LogP contribution in [0.15, 0.2) is 29.4 Å². The van der Waals surface area contributed by atoms with Gasteiger partial charge in [0.25, 0.3) is 0 Å². The Morgan fingerprint density at radius 3 is 2.47 bits per heavy atom. The molecular weight excluding hydrogens is 194 g/mol. The Morgan fingerprint density at radius 1 is 1.40 bits per heavy atom. The molecule has 0 aliphatic heterocycles. The number of likely N-dealkylation sites (N-methyl/N-ethyl adjacent to an activating group) is 1. The van der Waals surface area contributed by atoms with Crippen molar-refractivity contribution in [3.8, 4) is 0 Å². The lowest BCUT2D eigenvalue weighted by Gasteiger charge is -2.17. The number of aliphatic hydroxyl groups excluding tert-OH is 1. The fourth-order valence-electron chi connectivity index (χ4n) is 1.22. The van der Waals surface area contributed by atoms with Crippen molar-refractivity contribution in [3.63, 3.8) is 0 Å². The van der Waals surface area contributed by atoms with E-state index in [4.69, 9.17) is 16.0 Å². The molecule has 0 heterocycles. The number of nitrogens with two attached hydrogens (primary N) is 1. The predicted molar refractivity (Wildman–Crippen MR) is 59.3 cm³/mol. The Morgan fingerprint density at radius 2 is 2.00 bits per heavy atom. The van der Waals surface area contributed by atoms with Crippen LogP contribution in [0.1, 0.15) is 5.56 Å². The number of rotatable bonds is 4. The van der Waals surface area contributed by atoms with Gasteiger partial charge < -0.3 is 20.9 Å². The second-order valence-corrected chi connectivity index (χ2v) is 3.18. The number of nitrogens with zero attached hydrogens (tertiary/aromatic N) is 2. The summed E-state index contributed by atoms with van der Waals surface area (Å²) in [6, 6.07) is 7.22. The normalized spacial score (nSPS) is 11.5. The van der Waals surface area contributed by atoms with E-state index in [9.17, 15) is 0 Å². The first-order valence-electron chi connectivity index (χ1n) is 4.59. The smallest absolute Gasteiger partial charge is 0.170 e. The third kappa shape index (κ3) is 2.85. The molecule has 0 atom stereocenters. The molecular formula is C10H15N3O2. The molecule has 0 aliphatic carbocycles. The van der Waals surface area contributed by atoms with Crippen LogP contribution in [-0.2, 0) is 0 Å². The van der Waals surface area contributed by atoms with Gasteiger partial charge in [0.05, 0.1) is 6.61 Å². The van der Waals surface area contributed by atoms with E-state index in [1.165, 1.54) is 0 Å². The molecule has 4 N–H and O–H groups in total. The van der Waals surface area contributed by atoms with E-state index in [2.05, 4.69) is 5.16 Å². The molecule has 1 rings (SSSR count). The quantitative estimate of drug-likeness (QED) is 0.286. The minimum absolute atomic E-state index is 0.0892. The number of hydrogen-bond acceptors (Lipinski definition) is 4. The zero-order chi connectivity index (χ0) is 11.3. The highest BCUT2D eigenvalue weighted by Gasteiger charge is 2.02.